The lowest BCUT2D eigenvalue weighted by atomic mass is 10.4. The Morgan fingerprint density at radius 2 is 1.95 bits per heavy atom. The number of methoxy groups -OCH3 is 1. The Labute approximate surface area is 124 Å². The topological polar surface area (TPSA) is 78.4 Å². The molecule has 0 aliphatic rings. The van der Waals surface area contributed by atoms with Crippen molar-refractivity contribution >= 4 is 17.5 Å². The molecule has 0 saturated carbocycles. The molecule has 114 valence electrons. The third-order valence-electron chi connectivity index (χ3n) is 2.20. The van der Waals surface area contributed by atoms with E-state index >= 15 is 0 Å². The van der Waals surface area contributed by atoms with Crippen molar-refractivity contribution in [1.82, 2.24) is 15.0 Å². The van der Waals surface area contributed by atoms with Gasteiger partial charge in [-0.3, -0.25) is 0 Å². The van der Waals surface area contributed by atoms with Gasteiger partial charge in [-0.1, -0.05) is 6.92 Å². The van der Waals surface area contributed by atoms with Crippen LogP contribution in [0.1, 0.15) is 19.8 Å². The number of ether oxygens (including phenoxy) is 3. The zero-order valence-electron chi connectivity index (χ0n) is 11.9. The van der Waals surface area contributed by atoms with Crippen molar-refractivity contribution in [3.63, 3.8) is 0 Å². The first-order valence-electron chi connectivity index (χ1n) is 6.61. The van der Waals surface area contributed by atoms with Gasteiger partial charge < -0.3 is 19.5 Å². The van der Waals surface area contributed by atoms with Gasteiger partial charge >= 0.3 is 6.01 Å². The molecule has 0 radical (unpaired) electrons. The SMILES string of the molecule is CCCOc1nc(Cl)nc(NCCCOCCOC)n1. The van der Waals surface area contributed by atoms with Crippen LogP contribution in [0.4, 0.5) is 5.95 Å². The van der Waals surface area contributed by atoms with Crippen LogP contribution in [0.2, 0.25) is 5.28 Å². The van der Waals surface area contributed by atoms with Crippen molar-refractivity contribution in [3.8, 4) is 6.01 Å². The van der Waals surface area contributed by atoms with Crippen LogP contribution in [-0.2, 0) is 9.47 Å². The predicted octanol–water partition coefficient (Wildman–Crippen LogP) is 1.78. The number of hydrogen-bond donors (Lipinski definition) is 1. The van der Waals surface area contributed by atoms with Crippen LogP contribution in [-0.4, -0.2) is 55.0 Å². The number of nitrogens with zero attached hydrogens (tertiary/aromatic N) is 3. The maximum absolute atomic E-state index is 5.81. The fourth-order valence-electron chi connectivity index (χ4n) is 1.29. The number of hydrogen-bond acceptors (Lipinski definition) is 7. The fraction of sp³-hybridized carbons (Fsp3) is 0.750. The van der Waals surface area contributed by atoms with E-state index in [0.717, 1.165) is 12.8 Å². The summed E-state index contributed by atoms with van der Waals surface area (Å²) in [5, 5.41) is 3.17. The second-order valence-corrected chi connectivity index (χ2v) is 4.28. The molecule has 1 rings (SSSR count). The van der Waals surface area contributed by atoms with E-state index in [1.54, 1.807) is 7.11 Å². The summed E-state index contributed by atoms with van der Waals surface area (Å²) in [7, 11) is 1.65. The highest BCUT2D eigenvalue weighted by molar-refractivity contribution is 6.28. The number of anilines is 1. The molecule has 0 atom stereocenters. The first kappa shape index (κ1) is 16.9. The zero-order valence-corrected chi connectivity index (χ0v) is 12.7. The summed E-state index contributed by atoms with van der Waals surface area (Å²) in [6.45, 7) is 5.09. The lowest BCUT2D eigenvalue weighted by Gasteiger charge is -2.07. The molecule has 0 aliphatic carbocycles. The average Bonchev–Trinajstić information content (AvgIpc) is 2.43. The third kappa shape index (κ3) is 7.42. The Morgan fingerprint density at radius 3 is 2.70 bits per heavy atom. The molecule has 0 amide bonds. The normalized spacial score (nSPS) is 10.6. The second-order valence-electron chi connectivity index (χ2n) is 3.94. The van der Waals surface area contributed by atoms with Crippen molar-refractivity contribution in [2.75, 3.05) is 45.4 Å². The van der Waals surface area contributed by atoms with E-state index in [9.17, 15) is 0 Å². The van der Waals surface area contributed by atoms with Gasteiger partial charge in [0.05, 0.1) is 19.8 Å². The van der Waals surface area contributed by atoms with Crippen molar-refractivity contribution in [1.29, 1.82) is 0 Å². The van der Waals surface area contributed by atoms with Crippen LogP contribution in [0.3, 0.4) is 0 Å². The summed E-state index contributed by atoms with van der Waals surface area (Å²) >= 11 is 5.81. The Balaban J connectivity index is 2.26. The molecule has 0 aromatic carbocycles. The third-order valence-corrected chi connectivity index (χ3v) is 2.37. The number of nitrogens with one attached hydrogen (secondary N) is 1. The number of halogens is 1. The first-order valence-corrected chi connectivity index (χ1v) is 6.99. The van der Waals surface area contributed by atoms with Gasteiger partial charge in [-0.05, 0) is 24.4 Å². The van der Waals surface area contributed by atoms with Gasteiger partial charge in [-0.2, -0.15) is 15.0 Å². The second kappa shape index (κ2) is 10.6. The average molecular weight is 305 g/mol. The Morgan fingerprint density at radius 1 is 1.10 bits per heavy atom. The van der Waals surface area contributed by atoms with Gasteiger partial charge in [-0.15, -0.1) is 0 Å². The van der Waals surface area contributed by atoms with Gasteiger partial charge in [0.15, 0.2) is 0 Å². The van der Waals surface area contributed by atoms with E-state index in [1.165, 1.54) is 0 Å². The molecule has 0 saturated heterocycles. The van der Waals surface area contributed by atoms with E-state index < -0.39 is 0 Å². The highest BCUT2D eigenvalue weighted by Gasteiger charge is 2.05. The highest BCUT2D eigenvalue weighted by atomic mass is 35.5. The van der Waals surface area contributed by atoms with Crippen LogP contribution in [0.15, 0.2) is 0 Å². The molecule has 20 heavy (non-hydrogen) atoms. The standard InChI is InChI=1S/C12H21ClN4O3/c1-3-6-20-12-16-10(13)15-11(17-12)14-5-4-7-19-9-8-18-2/h3-9H2,1-2H3,(H,14,15,16,17). The smallest absolute Gasteiger partial charge is 0.322 e. The molecule has 1 N–H and O–H groups in total. The summed E-state index contributed by atoms with van der Waals surface area (Å²) < 4.78 is 15.5. The van der Waals surface area contributed by atoms with Crippen molar-refractivity contribution in [2.24, 2.45) is 0 Å². The van der Waals surface area contributed by atoms with Crippen molar-refractivity contribution in [2.45, 2.75) is 19.8 Å². The van der Waals surface area contributed by atoms with Gasteiger partial charge in [0.25, 0.3) is 0 Å². The molecule has 0 aliphatic heterocycles. The minimum Gasteiger partial charge on any atom is -0.463 e. The van der Waals surface area contributed by atoms with Gasteiger partial charge in [0.2, 0.25) is 11.2 Å². The van der Waals surface area contributed by atoms with E-state index in [2.05, 4.69) is 20.3 Å². The van der Waals surface area contributed by atoms with Crippen LogP contribution < -0.4 is 10.1 Å². The van der Waals surface area contributed by atoms with Gasteiger partial charge in [0.1, 0.15) is 0 Å². The molecule has 0 spiro atoms. The van der Waals surface area contributed by atoms with E-state index in [0.29, 0.717) is 38.9 Å². The molecule has 1 heterocycles. The molecular weight excluding hydrogens is 284 g/mol. The van der Waals surface area contributed by atoms with Crippen LogP contribution in [0, 0.1) is 0 Å². The Hall–Kier alpha value is -1.18. The molecule has 0 fully saturated rings. The fourth-order valence-corrected chi connectivity index (χ4v) is 1.44. The van der Waals surface area contributed by atoms with Gasteiger partial charge in [0, 0.05) is 20.3 Å². The predicted molar refractivity (Wildman–Crippen MR) is 76.4 cm³/mol. The van der Waals surface area contributed by atoms with Crippen LogP contribution in [0.5, 0.6) is 6.01 Å². The van der Waals surface area contributed by atoms with Crippen LogP contribution in [0.25, 0.3) is 0 Å². The highest BCUT2D eigenvalue weighted by Crippen LogP contribution is 2.11. The summed E-state index contributed by atoms with van der Waals surface area (Å²) in [5.74, 6) is 0.410. The summed E-state index contributed by atoms with van der Waals surface area (Å²) in [4.78, 5) is 12.0. The maximum atomic E-state index is 5.81. The lowest BCUT2D eigenvalue weighted by Crippen LogP contribution is -2.11. The molecular formula is C12H21ClN4O3. The minimum atomic E-state index is 0.116. The minimum absolute atomic E-state index is 0.116. The summed E-state index contributed by atoms with van der Waals surface area (Å²) in [6, 6.07) is 0.241. The number of rotatable bonds is 11. The molecule has 0 bridgehead atoms. The Bertz CT molecular complexity index is 382. The van der Waals surface area contributed by atoms with E-state index in [-0.39, 0.29) is 11.3 Å². The first-order chi connectivity index (χ1) is 9.76. The molecule has 7 nitrogen and oxygen atoms in total. The summed E-state index contributed by atoms with van der Waals surface area (Å²) in [6.07, 6.45) is 1.71. The number of aromatic nitrogens is 3. The largest absolute Gasteiger partial charge is 0.463 e. The Kier molecular flexibility index (Phi) is 8.93. The lowest BCUT2D eigenvalue weighted by molar-refractivity contribution is 0.0705. The van der Waals surface area contributed by atoms with E-state index in [1.807, 2.05) is 6.92 Å². The zero-order chi connectivity index (χ0) is 14.6. The molecule has 1 aromatic heterocycles. The van der Waals surface area contributed by atoms with Gasteiger partial charge in [-0.25, -0.2) is 0 Å². The monoisotopic (exact) mass is 304 g/mol. The maximum Gasteiger partial charge on any atom is 0.322 e. The molecule has 8 heteroatoms. The molecule has 1 aromatic rings. The van der Waals surface area contributed by atoms with Crippen molar-refractivity contribution < 1.29 is 14.2 Å². The summed E-state index contributed by atoms with van der Waals surface area (Å²) in [5.41, 5.74) is 0. The van der Waals surface area contributed by atoms with E-state index in [4.69, 9.17) is 25.8 Å². The van der Waals surface area contributed by atoms with Crippen LogP contribution >= 0.6 is 11.6 Å². The molecule has 0 unspecified atom stereocenters. The van der Waals surface area contributed by atoms with Crippen molar-refractivity contribution in [3.05, 3.63) is 5.28 Å². The quantitative estimate of drug-likeness (QED) is 0.624.